The summed E-state index contributed by atoms with van der Waals surface area (Å²) >= 11 is 0. The van der Waals surface area contributed by atoms with Gasteiger partial charge in [0.25, 0.3) is 5.91 Å². The highest BCUT2D eigenvalue weighted by Crippen LogP contribution is 2.19. The Morgan fingerprint density at radius 3 is 2.42 bits per heavy atom. The Balaban J connectivity index is 2.13. The van der Waals surface area contributed by atoms with Crippen molar-refractivity contribution < 1.29 is 19.4 Å². The van der Waals surface area contributed by atoms with Gasteiger partial charge in [-0.05, 0) is 50.1 Å². The molecule has 2 aromatic rings. The van der Waals surface area contributed by atoms with Gasteiger partial charge in [0, 0.05) is 18.1 Å². The lowest BCUT2D eigenvalue weighted by Gasteiger charge is -2.13. The van der Waals surface area contributed by atoms with Crippen LogP contribution >= 0.6 is 0 Å². The molecule has 0 saturated carbocycles. The molecule has 0 bridgehead atoms. The molecular formula is C18H20N2O4. The highest BCUT2D eigenvalue weighted by Gasteiger charge is 2.16. The van der Waals surface area contributed by atoms with Gasteiger partial charge in [-0.1, -0.05) is 6.92 Å². The van der Waals surface area contributed by atoms with Crippen LogP contribution in [-0.2, 0) is 0 Å². The van der Waals surface area contributed by atoms with E-state index >= 15 is 0 Å². The normalized spacial score (nSPS) is 11.6. The fraction of sp³-hybridized carbons (Fsp3) is 0.278. The summed E-state index contributed by atoms with van der Waals surface area (Å²) in [6, 6.07) is 7.03. The second-order valence-corrected chi connectivity index (χ2v) is 5.48. The van der Waals surface area contributed by atoms with E-state index in [1.54, 1.807) is 31.2 Å². The van der Waals surface area contributed by atoms with Gasteiger partial charge in [-0.15, -0.1) is 0 Å². The number of hydrogen-bond acceptors (Lipinski definition) is 4. The zero-order valence-corrected chi connectivity index (χ0v) is 13.9. The van der Waals surface area contributed by atoms with E-state index in [1.165, 1.54) is 12.4 Å². The van der Waals surface area contributed by atoms with Crippen LogP contribution in [0.5, 0.6) is 5.75 Å². The van der Waals surface area contributed by atoms with Crippen molar-refractivity contribution in [1.82, 2.24) is 4.98 Å². The fourth-order valence-electron chi connectivity index (χ4n) is 2.10. The second-order valence-electron chi connectivity index (χ2n) is 5.48. The number of carboxylic acids is 1. The molecule has 1 aromatic carbocycles. The Hall–Kier alpha value is -2.89. The molecule has 6 nitrogen and oxygen atoms in total. The van der Waals surface area contributed by atoms with E-state index in [-0.39, 0.29) is 17.2 Å². The van der Waals surface area contributed by atoms with E-state index in [9.17, 15) is 9.59 Å². The number of hydrogen-bond donors (Lipinski definition) is 2. The Morgan fingerprint density at radius 1 is 1.21 bits per heavy atom. The number of aromatic nitrogens is 1. The molecule has 0 saturated heterocycles. The number of ether oxygens (including phenoxy) is 1. The zero-order chi connectivity index (χ0) is 17.7. The van der Waals surface area contributed by atoms with Crippen molar-refractivity contribution in [3.63, 3.8) is 0 Å². The maximum atomic E-state index is 12.3. The molecule has 0 aliphatic carbocycles. The predicted octanol–water partition coefficient (Wildman–Crippen LogP) is 3.52. The lowest BCUT2D eigenvalue weighted by molar-refractivity contribution is 0.0695. The minimum atomic E-state index is -1.11. The molecule has 1 heterocycles. The predicted molar refractivity (Wildman–Crippen MR) is 90.7 cm³/mol. The van der Waals surface area contributed by atoms with E-state index in [0.29, 0.717) is 11.3 Å². The molecule has 0 radical (unpaired) electrons. The Bertz CT molecular complexity index is 741. The molecule has 0 aliphatic rings. The van der Waals surface area contributed by atoms with Crippen LogP contribution in [0.1, 0.15) is 46.5 Å². The molecule has 0 fully saturated rings. The van der Waals surface area contributed by atoms with Crippen molar-refractivity contribution >= 4 is 17.6 Å². The first-order valence-electron chi connectivity index (χ1n) is 7.68. The molecule has 2 rings (SSSR count). The summed E-state index contributed by atoms with van der Waals surface area (Å²) in [7, 11) is 0. The van der Waals surface area contributed by atoms with Crippen molar-refractivity contribution in [1.29, 1.82) is 0 Å². The molecule has 1 amide bonds. The molecule has 0 aliphatic heterocycles. The Labute approximate surface area is 140 Å². The minimum Gasteiger partial charge on any atom is -0.491 e. The standard InChI is InChI=1S/C18H20N2O4/c1-4-11(2)24-14-7-5-13(6-8-14)20-17(21)15-9-19-10-16(12(15)3)18(22)23/h5-11H,4H2,1-3H3,(H,20,21)(H,22,23). The van der Waals surface area contributed by atoms with Gasteiger partial charge in [0.05, 0.1) is 17.2 Å². The van der Waals surface area contributed by atoms with Crippen LogP contribution in [0, 0.1) is 6.92 Å². The zero-order valence-electron chi connectivity index (χ0n) is 13.9. The third-order valence-electron chi connectivity index (χ3n) is 3.71. The van der Waals surface area contributed by atoms with Crippen LogP contribution in [0.4, 0.5) is 5.69 Å². The summed E-state index contributed by atoms with van der Waals surface area (Å²) in [5, 5.41) is 11.8. The van der Waals surface area contributed by atoms with E-state index in [1.807, 2.05) is 13.8 Å². The summed E-state index contributed by atoms with van der Waals surface area (Å²) in [5.74, 6) is -0.784. The number of carboxylic acid groups (broad SMARTS) is 1. The third kappa shape index (κ3) is 4.10. The number of pyridine rings is 1. The number of anilines is 1. The number of benzene rings is 1. The second kappa shape index (κ2) is 7.59. The number of nitrogens with zero attached hydrogens (tertiary/aromatic N) is 1. The lowest BCUT2D eigenvalue weighted by atomic mass is 10.1. The largest absolute Gasteiger partial charge is 0.491 e. The highest BCUT2D eigenvalue weighted by atomic mass is 16.5. The molecule has 24 heavy (non-hydrogen) atoms. The number of carbonyl (C=O) groups excluding carboxylic acids is 1. The monoisotopic (exact) mass is 328 g/mol. The van der Waals surface area contributed by atoms with Crippen molar-refractivity contribution in [3.8, 4) is 5.75 Å². The van der Waals surface area contributed by atoms with Crippen molar-refractivity contribution in [2.75, 3.05) is 5.32 Å². The van der Waals surface area contributed by atoms with Crippen molar-refractivity contribution in [2.24, 2.45) is 0 Å². The first-order valence-corrected chi connectivity index (χ1v) is 7.68. The van der Waals surface area contributed by atoms with Crippen molar-refractivity contribution in [3.05, 3.63) is 53.3 Å². The Morgan fingerprint density at radius 2 is 1.83 bits per heavy atom. The molecule has 2 N–H and O–H groups in total. The smallest absolute Gasteiger partial charge is 0.337 e. The number of carbonyl (C=O) groups is 2. The highest BCUT2D eigenvalue weighted by molar-refractivity contribution is 6.06. The molecule has 0 spiro atoms. The van der Waals surface area contributed by atoms with Gasteiger partial charge in [0.1, 0.15) is 5.75 Å². The van der Waals surface area contributed by atoms with E-state index in [0.717, 1.165) is 12.2 Å². The lowest BCUT2D eigenvalue weighted by Crippen LogP contribution is -2.16. The summed E-state index contributed by atoms with van der Waals surface area (Å²) in [6.45, 7) is 5.62. The molecule has 1 aromatic heterocycles. The number of amides is 1. The van der Waals surface area contributed by atoms with Gasteiger partial charge >= 0.3 is 5.97 Å². The van der Waals surface area contributed by atoms with Gasteiger partial charge in [0.15, 0.2) is 0 Å². The van der Waals surface area contributed by atoms with E-state index in [4.69, 9.17) is 9.84 Å². The van der Waals surface area contributed by atoms with E-state index in [2.05, 4.69) is 10.3 Å². The van der Waals surface area contributed by atoms with Gasteiger partial charge in [-0.2, -0.15) is 0 Å². The summed E-state index contributed by atoms with van der Waals surface area (Å²) in [5.41, 5.74) is 1.22. The van der Waals surface area contributed by atoms with Crippen LogP contribution in [0.2, 0.25) is 0 Å². The minimum absolute atomic E-state index is 0.0138. The number of nitrogens with one attached hydrogen (secondary N) is 1. The summed E-state index contributed by atoms with van der Waals surface area (Å²) in [6.07, 6.45) is 3.62. The van der Waals surface area contributed by atoms with Crippen LogP contribution < -0.4 is 10.1 Å². The maximum absolute atomic E-state index is 12.3. The molecule has 1 unspecified atom stereocenters. The SMILES string of the molecule is CCC(C)Oc1ccc(NC(=O)c2cncc(C(=O)O)c2C)cc1. The summed E-state index contributed by atoms with van der Waals surface area (Å²) < 4.78 is 5.68. The maximum Gasteiger partial charge on any atom is 0.337 e. The van der Waals surface area contributed by atoms with Crippen LogP contribution in [0.15, 0.2) is 36.7 Å². The fourth-order valence-corrected chi connectivity index (χ4v) is 2.10. The van der Waals surface area contributed by atoms with Gasteiger partial charge < -0.3 is 15.2 Å². The topological polar surface area (TPSA) is 88.5 Å². The first kappa shape index (κ1) is 17.5. The Kier molecular flexibility index (Phi) is 5.52. The van der Waals surface area contributed by atoms with Crippen LogP contribution in [-0.4, -0.2) is 28.1 Å². The van der Waals surface area contributed by atoms with Crippen LogP contribution in [0.3, 0.4) is 0 Å². The average Bonchev–Trinajstić information content (AvgIpc) is 2.56. The molecule has 126 valence electrons. The third-order valence-corrected chi connectivity index (χ3v) is 3.71. The average molecular weight is 328 g/mol. The first-order chi connectivity index (χ1) is 11.4. The summed E-state index contributed by atoms with van der Waals surface area (Å²) in [4.78, 5) is 27.3. The van der Waals surface area contributed by atoms with Gasteiger partial charge in [-0.3, -0.25) is 9.78 Å². The van der Waals surface area contributed by atoms with Crippen molar-refractivity contribution in [2.45, 2.75) is 33.3 Å². The molecule has 6 heteroatoms. The number of rotatable bonds is 6. The molecule has 1 atom stereocenters. The number of aromatic carboxylic acids is 1. The van der Waals surface area contributed by atoms with Gasteiger partial charge in [-0.25, -0.2) is 4.79 Å². The molecular weight excluding hydrogens is 308 g/mol. The van der Waals surface area contributed by atoms with Gasteiger partial charge in [0.2, 0.25) is 0 Å². The van der Waals surface area contributed by atoms with E-state index < -0.39 is 11.9 Å². The van der Waals surface area contributed by atoms with Crippen LogP contribution in [0.25, 0.3) is 0 Å². The quantitative estimate of drug-likeness (QED) is 0.847.